The van der Waals surface area contributed by atoms with Gasteiger partial charge in [0.05, 0.1) is 5.69 Å². The van der Waals surface area contributed by atoms with Gasteiger partial charge in [0.2, 0.25) is 0 Å². The molecule has 2 aromatic carbocycles. The second-order valence-corrected chi connectivity index (χ2v) is 4.93. The van der Waals surface area contributed by atoms with Gasteiger partial charge >= 0.3 is 0 Å². The van der Waals surface area contributed by atoms with E-state index in [9.17, 15) is 0 Å². The molecule has 100 valence electrons. The minimum Gasteiger partial charge on any atom is -0.313 e. The smallest absolute Gasteiger partial charge is 0.0500 e. The van der Waals surface area contributed by atoms with Gasteiger partial charge in [0.25, 0.3) is 0 Å². The third kappa shape index (κ3) is 2.56. The van der Waals surface area contributed by atoms with Crippen molar-refractivity contribution >= 4 is 10.8 Å². The minimum absolute atomic E-state index is 0.287. The summed E-state index contributed by atoms with van der Waals surface area (Å²) in [6.07, 6.45) is 2.79. The van der Waals surface area contributed by atoms with Crippen LogP contribution in [-0.4, -0.2) is 12.0 Å². The van der Waals surface area contributed by atoms with Crippen molar-refractivity contribution in [3.8, 4) is 0 Å². The number of benzene rings is 2. The monoisotopic (exact) mass is 262 g/mol. The van der Waals surface area contributed by atoms with Gasteiger partial charge in [-0.15, -0.1) is 0 Å². The van der Waals surface area contributed by atoms with Gasteiger partial charge in [-0.1, -0.05) is 54.6 Å². The highest BCUT2D eigenvalue weighted by Crippen LogP contribution is 2.22. The standard InChI is InChI=1S/C18H18N2/c1-19-17(15-8-3-2-4-9-15)13-18-16-10-6-5-7-14(16)11-12-20-18/h2-12,17,19H,13H2,1H3. The van der Waals surface area contributed by atoms with E-state index in [1.807, 2.05) is 19.3 Å². The maximum absolute atomic E-state index is 4.58. The Bertz CT molecular complexity index is 687. The molecule has 0 bridgehead atoms. The van der Waals surface area contributed by atoms with Crippen LogP contribution in [0.4, 0.5) is 0 Å². The van der Waals surface area contributed by atoms with E-state index in [0.717, 1.165) is 12.1 Å². The summed E-state index contributed by atoms with van der Waals surface area (Å²) in [5, 5.41) is 5.88. The van der Waals surface area contributed by atoms with Crippen molar-refractivity contribution in [2.45, 2.75) is 12.5 Å². The van der Waals surface area contributed by atoms with Crippen LogP contribution in [0.1, 0.15) is 17.3 Å². The SMILES string of the molecule is CNC(Cc1nccc2ccccc12)c1ccccc1. The Morgan fingerprint density at radius 3 is 2.50 bits per heavy atom. The molecule has 2 heteroatoms. The lowest BCUT2D eigenvalue weighted by atomic mass is 9.99. The Kier molecular flexibility index (Phi) is 3.75. The zero-order chi connectivity index (χ0) is 13.8. The summed E-state index contributed by atoms with van der Waals surface area (Å²) in [4.78, 5) is 4.58. The Balaban J connectivity index is 1.96. The van der Waals surface area contributed by atoms with Gasteiger partial charge in [-0.05, 0) is 24.1 Å². The maximum Gasteiger partial charge on any atom is 0.0500 e. The molecule has 20 heavy (non-hydrogen) atoms. The van der Waals surface area contributed by atoms with Crippen molar-refractivity contribution in [1.82, 2.24) is 10.3 Å². The lowest BCUT2D eigenvalue weighted by Gasteiger charge is -2.17. The highest BCUT2D eigenvalue weighted by molar-refractivity contribution is 5.84. The van der Waals surface area contributed by atoms with E-state index in [1.165, 1.54) is 16.3 Å². The molecule has 0 saturated carbocycles. The van der Waals surface area contributed by atoms with E-state index in [0.29, 0.717) is 0 Å². The van der Waals surface area contributed by atoms with Crippen LogP contribution in [-0.2, 0) is 6.42 Å². The molecule has 0 radical (unpaired) electrons. The van der Waals surface area contributed by atoms with Crippen LogP contribution in [0.5, 0.6) is 0 Å². The van der Waals surface area contributed by atoms with E-state index in [1.54, 1.807) is 0 Å². The van der Waals surface area contributed by atoms with Crippen LogP contribution < -0.4 is 5.32 Å². The van der Waals surface area contributed by atoms with Crippen LogP contribution in [0, 0.1) is 0 Å². The minimum atomic E-state index is 0.287. The van der Waals surface area contributed by atoms with Gasteiger partial charge in [-0.2, -0.15) is 0 Å². The zero-order valence-corrected chi connectivity index (χ0v) is 11.6. The summed E-state index contributed by atoms with van der Waals surface area (Å²) in [5.74, 6) is 0. The predicted molar refractivity (Wildman–Crippen MR) is 83.7 cm³/mol. The van der Waals surface area contributed by atoms with Crippen LogP contribution in [0.15, 0.2) is 66.9 Å². The van der Waals surface area contributed by atoms with Gasteiger partial charge in [-0.3, -0.25) is 4.98 Å². The number of nitrogens with one attached hydrogen (secondary N) is 1. The maximum atomic E-state index is 4.58. The average molecular weight is 262 g/mol. The number of likely N-dealkylation sites (N-methyl/N-ethyl adjacent to an activating group) is 1. The number of nitrogens with zero attached hydrogens (tertiary/aromatic N) is 1. The number of hydrogen-bond acceptors (Lipinski definition) is 2. The third-order valence-electron chi connectivity index (χ3n) is 3.70. The molecule has 3 rings (SSSR count). The molecular formula is C18H18N2. The normalized spacial score (nSPS) is 12.4. The summed E-state index contributed by atoms with van der Waals surface area (Å²) in [7, 11) is 2.00. The lowest BCUT2D eigenvalue weighted by Crippen LogP contribution is -2.19. The fourth-order valence-corrected chi connectivity index (χ4v) is 2.61. The fraction of sp³-hybridized carbons (Fsp3) is 0.167. The quantitative estimate of drug-likeness (QED) is 0.774. The van der Waals surface area contributed by atoms with Crippen molar-refractivity contribution < 1.29 is 0 Å². The first kappa shape index (κ1) is 12.8. The largest absolute Gasteiger partial charge is 0.313 e. The molecular weight excluding hydrogens is 244 g/mol. The summed E-state index contributed by atoms with van der Waals surface area (Å²) in [6, 6.07) is 21.3. The third-order valence-corrected chi connectivity index (χ3v) is 3.70. The van der Waals surface area contributed by atoms with Crippen molar-refractivity contribution in [3.05, 3.63) is 78.1 Å². The van der Waals surface area contributed by atoms with Gasteiger partial charge in [0.1, 0.15) is 0 Å². The Morgan fingerprint density at radius 1 is 0.950 bits per heavy atom. The van der Waals surface area contributed by atoms with Crippen LogP contribution >= 0.6 is 0 Å². The van der Waals surface area contributed by atoms with E-state index in [4.69, 9.17) is 0 Å². The van der Waals surface area contributed by atoms with E-state index in [-0.39, 0.29) is 6.04 Å². The highest BCUT2D eigenvalue weighted by atomic mass is 14.9. The molecule has 0 aliphatic rings. The number of pyridine rings is 1. The molecule has 0 aliphatic carbocycles. The first-order valence-electron chi connectivity index (χ1n) is 6.93. The van der Waals surface area contributed by atoms with Crippen LogP contribution in [0.25, 0.3) is 10.8 Å². The molecule has 3 aromatic rings. The second kappa shape index (κ2) is 5.85. The summed E-state index contributed by atoms with van der Waals surface area (Å²) in [5.41, 5.74) is 2.44. The average Bonchev–Trinajstić information content (AvgIpc) is 2.53. The Hall–Kier alpha value is -2.19. The highest BCUT2D eigenvalue weighted by Gasteiger charge is 2.12. The molecule has 1 N–H and O–H groups in total. The van der Waals surface area contributed by atoms with Crippen molar-refractivity contribution in [1.29, 1.82) is 0 Å². The Labute approximate surface area is 119 Å². The first-order chi connectivity index (χ1) is 9.88. The van der Waals surface area contributed by atoms with Crippen molar-refractivity contribution in [3.63, 3.8) is 0 Å². The van der Waals surface area contributed by atoms with Gasteiger partial charge in [0, 0.05) is 24.0 Å². The molecule has 2 nitrogen and oxygen atoms in total. The number of fused-ring (bicyclic) bond motifs is 1. The molecule has 1 atom stereocenters. The molecule has 1 aromatic heterocycles. The fourth-order valence-electron chi connectivity index (χ4n) is 2.61. The van der Waals surface area contributed by atoms with Gasteiger partial charge in [-0.25, -0.2) is 0 Å². The number of aromatic nitrogens is 1. The van der Waals surface area contributed by atoms with E-state index in [2.05, 4.69) is 64.9 Å². The van der Waals surface area contributed by atoms with Crippen molar-refractivity contribution in [2.75, 3.05) is 7.05 Å². The second-order valence-electron chi connectivity index (χ2n) is 4.93. The lowest BCUT2D eigenvalue weighted by molar-refractivity contribution is 0.587. The van der Waals surface area contributed by atoms with Crippen LogP contribution in [0.2, 0.25) is 0 Å². The summed E-state index contributed by atoms with van der Waals surface area (Å²) < 4.78 is 0. The van der Waals surface area contributed by atoms with E-state index < -0.39 is 0 Å². The summed E-state index contributed by atoms with van der Waals surface area (Å²) >= 11 is 0. The van der Waals surface area contributed by atoms with Gasteiger partial charge < -0.3 is 5.32 Å². The molecule has 1 unspecified atom stereocenters. The zero-order valence-electron chi connectivity index (χ0n) is 11.6. The topological polar surface area (TPSA) is 24.9 Å². The summed E-state index contributed by atoms with van der Waals surface area (Å²) in [6.45, 7) is 0. The van der Waals surface area contributed by atoms with Crippen LogP contribution in [0.3, 0.4) is 0 Å². The van der Waals surface area contributed by atoms with Gasteiger partial charge in [0.15, 0.2) is 0 Å². The predicted octanol–water partition coefficient (Wildman–Crippen LogP) is 3.74. The first-order valence-corrected chi connectivity index (χ1v) is 6.93. The number of hydrogen-bond donors (Lipinski definition) is 1. The molecule has 1 heterocycles. The van der Waals surface area contributed by atoms with E-state index >= 15 is 0 Å². The number of rotatable bonds is 4. The molecule has 0 spiro atoms. The molecule has 0 aliphatic heterocycles. The van der Waals surface area contributed by atoms with Crippen molar-refractivity contribution in [2.24, 2.45) is 0 Å². The molecule has 0 fully saturated rings. The molecule has 0 saturated heterocycles. The Morgan fingerprint density at radius 2 is 1.70 bits per heavy atom. The molecule has 0 amide bonds.